The van der Waals surface area contributed by atoms with Gasteiger partial charge in [-0.05, 0) is 42.5 Å². The molecule has 1 unspecified atom stereocenters. The molecule has 1 amide bonds. The molecule has 0 saturated carbocycles. The summed E-state index contributed by atoms with van der Waals surface area (Å²) in [6.07, 6.45) is 3.32. The summed E-state index contributed by atoms with van der Waals surface area (Å²) >= 11 is 1.48. The molecular weight excluding hydrogens is 418 g/mol. The largest absolute Gasteiger partial charge is 0.282 e. The van der Waals surface area contributed by atoms with Crippen LogP contribution in [0.15, 0.2) is 48.5 Å². The third kappa shape index (κ3) is 4.26. The number of fused-ring (bicyclic) bond motifs is 1. The van der Waals surface area contributed by atoms with E-state index in [0.717, 1.165) is 22.2 Å². The van der Waals surface area contributed by atoms with Crippen molar-refractivity contribution in [3.05, 3.63) is 59.7 Å². The van der Waals surface area contributed by atoms with Crippen molar-refractivity contribution in [1.82, 2.24) is 9.29 Å². The fourth-order valence-corrected chi connectivity index (χ4v) is 6.01. The first-order valence-corrected chi connectivity index (χ1v) is 12.7. The minimum atomic E-state index is -3.45. The summed E-state index contributed by atoms with van der Waals surface area (Å²) in [7, 11) is -3.45. The fourth-order valence-electron chi connectivity index (χ4n) is 3.86. The van der Waals surface area contributed by atoms with E-state index in [4.69, 9.17) is 4.98 Å². The van der Waals surface area contributed by atoms with E-state index in [1.54, 1.807) is 4.90 Å². The van der Waals surface area contributed by atoms with Crippen LogP contribution in [-0.2, 0) is 27.8 Å². The number of carbonyl (C=O) groups is 1. The predicted molar refractivity (Wildman–Crippen MR) is 121 cm³/mol. The lowest BCUT2D eigenvalue weighted by Gasteiger charge is -2.27. The summed E-state index contributed by atoms with van der Waals surface area (Å²) in [6.45, 7) is 2.84. The van der Waals surface area contributed by atoms with Gasteiger partial charge >= 0.3 is 0 Å². The number of sulfonamides is 1. The second kappa shape index (κ2) is 8.45. The number of hydrogen-bond donors (Lipinski definition) is 0. The maximum absolute atomic E-state index is 13.6. The van der Waals surface area contributed by atoms with E-state index in [-0.39, 0.29) is 5.91 Å². The Bertz CT molecular complexity index is 1160. The van der Waals surface area contributed by atoms with Crippen molar-refractivity contribution in [2.75, 3.05) is 17.7 Å². The maximum atomic E-state index is 13.6. The summed E-state index contributed by atoms with van der Waals surface area (Å²) in [4.78, 5) is 20.0. The number of aryl methyl sites for hydroxylation is 1. The molecule has 2 heterocycles. The molecule has 0 radical (unpaired) electrons. The van der Waals surface area contributed by atoms with Crippen molar-refractivity contribution >= 4 is 42.6 Å². The predicted octanol–water partition coefficient (Wildman–Crippen LogP) is 3.82. The summed E-state index contributed by atoms with van der Waals surface area (Å²) in [6, 6.07) is 15.2. The Balaban J connectivity index is 1.74. The molecule has 0 bridgehead atoms. The molecule has 1 fully saturated rings. The number of rotatable bonds is 6. The topological polar surface area (TPSA) is 70.6 Å². The van der Waals surface area contributed by atoms with Crippen LogP contribution in [0, 0.1) is 0 Å². The van der Waals surface area contributed by atoms with Crippen LogP contribution in [0.2, 0.25) is 0 Å². The van der Waals surface area contributed by atoms with Crippen LogP contribution >= 0.6 is 11.3 Å². The van der Waals surface area contributed by atoms with Gasteiger partial charge in [0, 0.05) is 6.54 Å². The molecular formula is C22H25N3O3S2. The first-order chi connectivity index (χ1) is 14.4. The number of aromatic nitrogens is 1. The average Bonchev–Trinajstić information content (AvgIpc) is 3.38. The Hall–Kier alpha value is -2.29. The monoisotopic (exact) mass is 443 g/mol. The van der Waals surface area contributed by atoms with E-state index in [2.05, 4.69) is 19.1 Å². The van der Waals surface area contributed by atoms with Crippen molar-refractivity contribution in [3.8, 4) is 0 Å². The van der Waals surface area contributed by atoms with E-state index < -0.39 is 16.1 Å². The third-order valence-electron chi connectivity index (χ3n) is 5.44. The Morgan fingerprint density at radius 1 is 1.20 bits per heavy atom. The van der Waals surface area contributed by atoms with Crippen molar-refractivity contribution in [1.29, 1.82) is 0 Å². The fraction of sp³-hybridized carbons (Fsp3) is 0.364. The van der Waals surface area contributed by atoms with Gasteiger partial charge in [0.15, 0.2) is 5.13 Å². The number of thiazole rings is 1. The molecule has 0 spiro atoms. The molecule has 1 atom stereocenters. The highest BCUT2D eigenvalue weighted by molar-refractivity contribution is 7.88. The van der Waals surface area contributed by atoms with E-state index in [1.807, 2.05) is 36.4 Å². The summed E-state index contributed by atoms with van der Waals surface area (Å²) in [5.41, 5.74) is 3.05. The molecule has 4 rings (SSSR count). The van der Waals surface area contributed by atoms with Gasteiger partial charge in [-0.15, -0.1) is 0 Å². The Morgan fingerprint density at radius 3 is 2.67 bits per heavy atom. The van der Waals surface area contributed by atoms with E-state index in [1.165, 1.54) is 27.5 Å². The van der Waals surface area contributed by atoms with Gasteiger partial charge in [-0.1, -0.05) is 54.7 Å². The molecule has 0 N–H and O–H groups in total. The molecule has 2 aromatic carbocycles. The van der Waals surface area contributed by atoms with Gasteiger partial charge in [0.1, 0.15) is 6.04 Å². The van der Waals surface area contributed by atoms with Crippen LogP contribution in [0.1, 0.15) is 30.9 Å². The highest BCUT2D eigenvalue weighted by Gasteiger charge is 2.39. The molecule has 158 valence electrons. The zero-order valence-electron chi connectivity index (χ0n) is 17.1. The minimum absolute atomic E-state index is 0.212. The molecule has 0 aliphatic carbocycles. The Kier molecular flexibility index (Phi) is 5.90. The lowest BCUT2D eigenvalue weighted by atomic mass is 10.1. The highest BCUT2D eigenvalue weighted by atomic mass is 32.2. The third-order valence-corrected chi connectivity index (χ3v) is 7.78. The van der Waals surface area contributed by atoms with Gasteiger partial charge < -0.3 is 0 Å². The van der Waals surface area contributed by atoms with Gasteiger partial charge in [-0.3, -0.25) is 9.69 Å². The standard InChI is InChI=1S/C22H25N3O3S2/c1-3-16-11-12-18-20(14-16)29-22(23-18)24(15-17-8-5-4-6-9-17)21(26)19-10-7-13-25(19)30(2,27)28/h4-6,8-9,11-12,14,19H,3,7,10,13,15H2,1-2H3. The summed E-state index contributed by atoms with van der Waals surface area (Å²) < 4.78 is 26.8. The maximum Gasteiger partial charge on any atom is 0.247 e. The van der Waals surface area contributed by atoms with Gasteiger partial charge in [0.2, 0.25) is 15.9 Å². The van der Waals surface area contributed by atoms with Crippen molar-refractivity contribution in [2.45, 2.75) is 38.8 Å². The lowest BCUT2D eigenvalue weighted by molar-refractivity contribution is -0.121. The Labute approximate surface area is 181 Å². The van der Waals surface area contributed by atoms with E-state index >= 15 is 0 Å². The first kappa shape index (κ1) is 21.0. The smallest absolute Gasteiger partial charge is 0.247 e. The molecule has 3 aromatic rings. The number of carbonyl (C=O) groups excluding carboxylic acids is 1. The van der Waals surface area contributed by atoms with E-state index in [9.17, 15) is 13.2 Å². The molecule has 8 heteroatoms. The van der Waals surface area contributed by atoms with Crippen LogP contribution < -0.4 is 4.90 Å². The van der Waals surface area contributed by atoms with Gasteiger partial charge in [-0.2, -0.15) is 4.31 Å². The normalized spacial score (nSPS) is 17.5. The summed E-state index contributed by atoms with van der Waals surface area (Å²) in [5, 5.41) is 0.604. The van der Waals surface area contributed by atoms with Crippen LogP contribution in [0.25, 0.3) is 10.2 Å². The zero-order chi connectivity index (χ0) is 21.3. The van der Waals surface area contributed by atoms with Crippen molar-refractivity contribution in [2.24, 2.45) is 0 Å². The van der Waals surface area contributed by atoms with Crippen molar-refractivity contribution in [3.63, 3.8) is 0 Å². The Morgan fingerprint density at radius 2 is 1.97 bits per heavy atom. The van der Waals surface area contributed by atoms with Gasteiger partial charge in [0.25, 0.3) is 0 Å². The molecule has 30 heavy (non-hydrogen) atoms. The molecule has 1 saturated heterocycles. The molecule has 1 aliphatic heterocycles. The minimum Gasteiger partial charge on any atom is -0.282 e. The summed E-state index contributed by atoms with van der Waals surface area (Å²) in [5.74, 6) is -0.212. The van der Waals surface area contributed by atoms with Crippen molar-refractivity contribution < 1.29 is 13.2 Å². The van der Waals surface area contributed by atoms with Gasteiger partial charge in [-0.25, -0.2) is 13.4 Å². The van der Waals surface area contributed by atoms with Crippen LogP contribution in [0.4, 0.5) is 5.13 Å². The number of anilines is 1. The second-order valence-corrected chi connectivity index (χ2v) is 10.5. The number of hydrogen-bond acceptors (Lipinski definition) is 5. The molecule has 1 aliphatic rings. The van der Waals surface area contributed by atoms with E-state index in [0.29, 0.717) is 31.1 Å². The van der Waals surface area contributed by atoms with Gasteiger partial charge in [0.05, 0.1) is 23.0 Å². The molecule has 6 nitrogen and oxygen atoms in total. The first-order valence-electron chi connectivity index (χ1n) is 10.1. The lowest BCUT2D eigenvalue weighted by Crippen LogP contribution is -2.47. The quantitative estimate of drug-likeness (QED) is 0.581. The second-order valence-electron chi connectivity index (χ2n) is 7.59. The number of amides is 1. The zero-order valence-corrected chi connectivity index (χ0v) is 18.7. The van der Waals surface area contributed by atoms with Crippen LogP contribution in [0.3, 0.4) is 0 Å². The highest BCUT2D eigenvalue weighted by Crippen LogP contribution is 2.33. The number of benzene rings is 2. The average molecular weight is 444 g/mol. The van der Waals surface area contributed by atoms with Crippen LogP contribution in [0.5, 0.6) is 0 Å². The molecule has 1 aromatic heterocycles. The SMILES string of the molecule is CCc1ccc2nc(N(Cc3ccccc3)C(=O)C3CCCN3S(C)(=O)=O)sc2c1. The number of nitrogens with zero attached hydrogens (tertiary/aromatic N) is 3. The van der Waals surface area contributed by atoms with Crippen LogP contribution in [-0.4, -0.2) is 42.5 Å².